The number of carbonyl (C=O) groups is 1. The van der Waals surface area contributed by atoms with Crippen molar-refractivity contribution in [2.75, 3.05) is 7.11 Å². The van der Waals surface area contributed by atoms with Crippen molar-refractivity contribution in [2.24, 2.45) is 5.92 Å². The number of pyridine rings is 1. The largest absolute Gasteiger partial charge is 0.465 e. The van der Waals surface area contributed by atoms with Gasteiger partial charge in [0.15, 0.2) is 0 Å². The molecule has 1 heterocycles. The molecule has 0 aliphatic rings. The summed E-state index contributed by atoms with van der Waals surface area (Å²) in [7, 11) is 1.39. The fraction of sp³-hybridized carbons (Fsp3) is 0.375. The molecule has 2 aromatic rings. The molecule has 0 bridgehead atoms. The fourth-order valence-electron chi connectivity index (χ4n) is 1.99. The van der Waals surface area contributed by atoms with E-state index in [4.69, 9.17) is 4.74 Å². The van der Waals surface area contributed by atoms with E-state index in [-0.39, 0.29) is 5.97 Å². The second-order valence-corrected chi connectivity index (χ2v) is 5.13. The van der Waals surface area contributed by atoms with Crippen LogP contribution in [0.3, 0.4) is 0 Å². The standard InChI is InChI=1S/C16H19NO2/c1-11(2)4-7-14-8-5-12-10-13(16(18)19-3)6-9-15(12)17-14/h5-6,8-11H,4,7H2,1-3H3. The highest BCUT2D eigenvalue weighted by Gasteiger charge is 2.07. The smallest absolute Gasteiger partial charge is 0.337 e. The molecular weight excluding hydrogens is 238 g/mol. The van der Waals surface area contributed by atoms with Crippen LogP contribution in [0.1, 0.15) is 36.3 Å². The zero-order valence-corrected chi connectivity index (χ0v) is 11.6. The lowest BCUT2D eigenvalue weighted by Gasteiger charge is -2.06. The zero-order valence-electron chi connectivity index (χ0n) is 11.6. The summed E-state index contributed by atoms with van der Waals surface area (Å²) in [6.45, 7) is 4.42. The second-order valence-electron chi connectivity index (χ2n) is 5.13. The SMILES string of the molecule is COC(=O)c1ccc2nc(CCC(C)C)ccc2c1. The summed E-state index contributed by atoms with van der Waals surface area (Å²) in [5, 5.41) is 0.969. The van der Waals surface area contributed by atoms with Crippen molar-refractivity contribution < 1.29 is 9.53 Å². The lowest BCUT2D eigenvalue weighted by Crippen LogP contribution is -2.01. The minimum atomic E-state index is -0.314. The van der Waals surface area contributed by atoms with Crippen molar-refractivity contribution in [3.8, 4) is 0 Å². The van der Waals surface area contributed by atoms with Gasteiger partial charge in [-0.1, -0.05) is 19.9 Å². The Morgan fingerprint density at radius 2 is 2.05 bits per heavy atom. The highest BCUT2D eigenvalue weighted by Crippen LogP contribution is 2.17. The van der Waals surface area contributed by atoms with Gasteiger partial charge in [-0.2, -0.15) is 0 Å². The highest BCUT2D eigenvalue weighted by atomic mass is 16.5. The molecule has 2 rings (SSSR count). The third-order valence-electron chi connectivity index (χ3n) is 3.15. The van der Waals surface area contributed by atoms with E-state index in [2.05, 4.69) is 18.8 Å². The molecule has 19 heavy (non-hydrogen) atoms. The van der Waals surface area contributed by atoms with Gasteiger partial charge >= 0.3 is 5.97 Å². The molecule has 0 saturated carbocycles. The van der Waals surface area contributed by atoms with E-state index in [0.717, 1.165) is 29.4 Å². The number of esters is 1. The van der Waals surface area contributed by atoms with Gasteiger partial charge in [-0.25, -0.2) is 4.79 Å². The Labute approximate surface area is 113 Å². The van der Waals surface area contributed by atoms with Crippen molar-refractivity contribution in [2.45, 2.75) is 26.7 Å². The molecule has 3 heteroatoms. The zero-order chi connectivity index (χ0) is 13.8. The van der Waals surface area contributed by atoms with Crippen LogP contribution in [0, 0.1) is 5.92 Å². The first kappa shape index (κ1) is 13.5. The number of hydrogen-bond donors (Lipinski definition) is 0. The van der Waals surface area contributed by atoms with Crippen LogP contribution < -0.4 is 0 Å². The maximum atomic E-state index is 11.5. The van der Waals surface area contributed by atoms with E-state index in [1.165, 1.54) is 7.11 Å². The first-order valence-corrected chi connectivity index (χ1v) is 6.58. The summed E-state index contributed by atoms with van der Waals surface area (Å²) in [5.74, 6) is 0.366. The molecule has 0 fully saturated rings. The van der Waals surface area contributed by atoms with Gasteiger partial charge in [0.05, 0.1) is 18.2 Å². The molecule has 1 aromatic heterocycles. The average molecular weight is 257 g/mol. The molecule has 100 valence electrons. The normalized spacial score (nSPS) is 10.9. The van der Waals surface area contributed by atoms with Crippen LogP contribution in [-0.4, -0.2) is 18.1 Å². The minimum absolute atomic E-state index is 0.314. The highest BCUT2D eigenvalue weighted by molar-refractivity contribution is 5.94. The van der Waals surface area contributed by atoms with Crippen LogP contribution in [0.2, 0.25) is 0 Å². The maximum absolute atomic E-state index is 11.5. The molecule has 0 N–H and O–H groups in total. The Morgan fingerprint density at radius 1 is 1.26 bits per heavy atom. The number of aromatic nitrogens is 1. The van der Waals surface area contributed by atoms with Gasteiger partial charge in [0.25, 0.3) is 0 Å². The Morgan fingerprint density at radius 3 is 2.74 bits per heavy atom. The predicted molar refractivity (Wildman–Crippen MR) is 76.2 cm³/mol. The van der Waals surface area contributed by atoms with Gasteiger partial charge < -0.3 is 4.74 Å². The van der Waals surface area contributed by atoms with Gasteiger partial charge in [0, 0.05) is 11.1 Å². The molecule has 0 spiro atoms. The van der Waals surface area contributed by atoms with Gasteiger partial charge in [-0.05, 0) is 43.0 Å². The van der Waals surface area contributed by atoms with Crippen molar-refractivity contribution in [1.82, 2.24) is 4.98 Å². The summed E-state index contributed by atoms with van der Waals surface area (Å²) in [5.41, 5.74) is 2.59. The van der Waals surface area contributed by atoms with E-state index in [9.17, 15) is 4.79 Å². The van der Waals surface area contributed by atoms with Crippen LogP contribution in [0.25, 0.3) is 10.9 Å². The third-order valence-corrected chi connectivity index (χ3v) is 3.15. The number of methoxy groups -OCH3 is 1. The van der Waals surface area contributed by atoms with E-state index in [1.807, 2.05) is 24.3 Å². The molecular formula is C16H19NO2. The van der Waals surface area contributed by atoms with Gasteiger partial charge in [0.1, 0.15) is 0 Å². The first-order valence-electron chi connectivity index (χ1n) is 6.58. The Kier molecular flexibility index (Phi) is 4.15. The fourth-order valence-corrected chi connectivity index (χ4v) is 1.99. The quantitative estimate of drug-likeness (QED) is 0.785. The van der Waals surface area contributed by atoms with Crippen LogP contribution in [-0.2, 0) is 11.2 Å². The Balaban J connectivity index is 2.27. The summed E-state index contributed by atoms with van der Waals surface area (Å²) >= 11 is 0. The van der Waals surface area contributed by atoms with E-state index < -0.39 is 0 Å². The molecule has 1 aromatic carbocycles. The van der Waals surface area contributed by atoms with Crippen molar-refractivity contribution in [3.63, 3.8) is 0 Å². The Bertz CT molecular complexity index is 590. The molecule has 0 aliphatic heterocycles. The number of hydrogen-bond acceptors (Lipinski definition) is 3. The van der Waals surface area contributed by atoms with E-state index in [1.54, 1.807) is 6.07 Å². The number of rotatable bonds is 4. The Hall–Kier alpha value is -1.90. The summed E-state index contributed by atoms with van der Waals surface area (Å²) < 4.78 is 4.71. The third kappa shape index (κ3) is 3.31. The molecule has 0 unspecified atom stereocenters. The second kappa shape index (κ2) is 5.83. The molecule has 0 radical (unpaired) electrons. The summed E-state index contributed by atoms with van der Waals surface area (Å²) in [4.78, 5) is 16.1. The molecule has 3 nitrogen and oxygen atoms in total. The minimum Gasteiger partial charge on any atom is -0.465 e. The number of carbonyl (C=O) groups excluding carboxylic acids is 1. The molecule has 0 atom stereocenters. The monoisotopic (exact) mass is 257 g/mol. The van der Waals surface area contributed by atoms with Crippen molar-refractivity contribution in [1.29, 1.82) is 0 Å². The summed E-state index contributed by atoms with van der Waals surface area (Å²) in [6, 6.07) is 9.50. The number of benzene rings is 1. The topological polar surface area (TPSA) is 39.2 Å². The van der Waals surface area contributed by atoms with Gasteiger partial charge in [-0.3, -0.25) is 4.98 Å². The number of aryl methyl sites for hydroxylation is 1. The van der Waals surface area contributed by atoms with Crippen molar-refractivity contribution >= 4 is 16.9 Å². The van der Waals surface area contributed by atoms with Gasteiger partial charge in [0.2, 0.25) is 0 Å². The van der Waals surface area contributed by atoms with Crippen LogP contribution in [0.4, 0.5) is 0 Å². The average Bonchev–Trinajstić information content (AvgIpc) is 2.43. The first-order chi connectivity index (χ1) is 9.10. The van der Waals surface area contributed by atoms with Crippen LogP contribution in [0.15, 0.2) is 30.3 Å². The van der Waals surface area contributed by atoms with Crippen molar-refractivity contribution in [3.05, 3.63) is 41.6 Å². The molecule has 0 aliphatic carbocycles. The predicted octanol–water partition coefficient (Wildman–Crippen LogP) is 3.61. The maximum Gasteiger partial charge on any atom is 0.337 e. The lowest BCUT2D eigenvalue weighted by molar-refractivity contribution is 0.0601. The molecule has 0 amide bonds. The van der Waals surface area contributed by atoms with E-state index in [0.29, 0.717) is 11.5 Å². The van der Waals surface area contributed by atoms with Crippen LogP contribution >= 0.6 is 0 Å². The number of fused-ring (bicyclic) bond motifs is 1. The lowest BCUT2D eigenvalue weighted by atomic mass is 10.0. The number of ether oxygens (including phenoxy) is 1. The van der Waals surface area contributed by atoms with Crippen LogP contribution in [0.5, 0.6) is 0 Å². The summed E-state index contributed by atoms with van der Waals surface area (Å²) in [6.07, 6.45) is 2.13. The molecule has 0 saturated heterocycles. The van der Waals surface area contributed by atoms with Gasteiger partial charge in [-0.15, -0.1) is 0 Å². The van der Waals surface area contributed by atoms with E-state index >= 15 is 0 Å². The number of nitrogens with zero attached hydrogens (tertiary/aromatic N) is 1.